The number of carbonyl (C=O) groups is 2. The summed E-state index contributed by atoms with van der Waals surface area (Å²) >= 11 is 0. The van der Waals surface area contributed by atoms with E-state index in [9.17, 15) is 9.59 Å². The van der Waals surface area contributed by atoms with Crippen molar-refractivity contribution in [3.63, 3.8) is 0 Å². The van der Waals surface area contributed by atoms with Crippen molar-refractivity contribution in [2.45, 2.75) is 59.2 Å². The van der Waals surface area contributed by atoms with E-state index in [2.05, 4.69) is 10.4 Å². The third-order valence-electron chi connectivity index (χ3n) is 4.76. The largest absolute Gasteiger partial charge is 0.448 e. The fourth-order valence-electron chi connectivity index (χ4n) is 3.49. The average Bonchev–Trinajstić information content (AvgIpc) is 3.10. The van der Waals surface area contributed by atoms with Crippen LogP contribution in [0.4, 0.5) is 26.8 Å². The van der Waals surface area contributed by atoms with Gasteiger partial charge in [-0.15, -0.1) is 5.10 Å². The van der Waals surface area contributed by atoms with Gasteiger partial charge in [-0.05, 0) is 59.7 Å². The van der Waals surface area contributed by atoms with Gasteiger partial charge in [-0.2, -0.15) is 4.68 Å². The first-order valence-electron chi connectivity index (χ1n) is 9.86. The number of nitrogens with zero attached hydrogens (tertiary/aromatic N) is 3. The normalized spacial score (nSPS) is 14.9. The zero-order chi connectivity index (χ0) is 22.3. The molecule has 0 saturated heterocycles. The number of fused-ring (bicyclic) bond motifs is 1. The molecule has 1 aliphatic heterocycles. The van der Waals surface area contributed by atoms with Crippen LogP contribution in [0.1, 0.15) is 52.8 Å². The zero-order valence-electron chi connectivity index (χ0n) is 18.3. The number of ether oxygens (including phenoxy) is 2. The van der Waals surface area contributed by atoms with Gasteiger partial charge in [-0.3, -0.25) is 4.90 Å². The highest BCUT2D eigenvalue weighted by Gasteiger charge is 2.48. The number of amides is 1. The van der Waals surface area contributed by atoms with E-state index < -0.39 is 23.3 Å². The molecule has 0 radical (unpaired) electrons. The Morgan fingerprint density at radius 3 is 2.57 bits per heavy atom. The van der Waals surface area contributed by atoms with Crippen LogP contribution in [0.3, 0.4) is 0 Å². The lowest BCUT2D eigenvalue weighted by atomic mass is 10.0. The molecular formula is C21H29N5O4. The number of hydrogen-bond acceptors (Lipinski definition) is 7. The van der Waals surface area contributed by atoms with E-state index in [0.717, 1.165) is 11.3 Å². The van der Waals surface area contributed by atoms with Crippen molar-refractivity contribution < 1.29 is 19.1 Å². The Hall–Kier alpha value is -3.23. The second-order valence-electron chi connectivity index (χ2n) is 8.66. The molecule has 2 heterocycles. The first-order valence-corrected chi connectivity index (χ1v) is 9.86. The number of anilines is 3. The van der Waals surface area contributed by atoms with Crippen LogP contribution in [0.5, 0.6) is 0 Å². The number of aromatic nitrogens is 2. The van der Waals surface area contributed by atoms with Gasteiger partial charge in [-0.1, -0.05) is 6.07 Å². The van der Waals surface area contributed by atoms with Crippen LogP contribution in [-0.2, 0) is 21.6 Å². The molecule has 1 aliphatic rings. The summed E-state index contributed by atoms with van der Waals surface area (Å²) in [4.78, 5) is 27.1. The summed E-state index contributed by atoms with van der Waals surface area (Å²) in [5, 5.41) is 7.66. The number of nitrogen functional groups attached to an aromatic ring is 1. The van der Waals surface area contributed by atoms with E-state index in [0.29, 0.717) is 17.2 Å². The molecule has 30 heavy (non-hydrogen) atoms. The maximum absolute atomic E-state index is 12.9. The van der Waals surface area contributed by atoms with Gasteiger partial charge in [-0.25, -0.2) is 9.59 Å². The van der Waals surface area contributed by atoms with E-state index in [1.165, 1.54) is 4.68 Å². The Morgan fingerprint density at radius 2 is 1.97 bits per heavy atom. The molecular weight excluding hydrogens is 386 g/mol. The van der Waals surface area contributed by atoms with Crippen molar-refractivity contribution in [1.82, 2.24) is 14.7 Å². The molecule has 0 spiro atoms. The van der Waals surface area contributed by atoms with Gasteiger partial charge < -0.3 is 20.5 Å². The van der Waals surface area contributed by atoms with Crippen LogP contribution in [0.15, 0.2) is 24.3 Å². The highest BCUT2D eigenvalue weighted by molar-refractivity contribution is 5.78. The van der Waals surface area contributed by atoms with Crippen molar-refractivity contribution >= 4 is 29.4 Å². The minimum atomic E-state index is -0.840. The summed E-state index contributed by atoms with van der Waals surface area (Å²) in [5.41, 5.74) is 7.01. The first kappa shape index (κ1) is 21.5. The van der Waals surface area contributed by atoms with Crippen LogP contribution < -0.4 is 11.1 Å². The molecule has 9 nitrogen and oxygen atoms in total. The maximum Gasteiger partial charge on any atom is 0.435 e. The second kappa shape index (κ2) is 7.55. The Balaban J connectivity index is 2.04. The Labute approximate surface area is 176 Å². The summed E-state index contributed by atoms with van der Waals surface area (Å²) in [6, 6.07) is 7.21. The minimum absolute atomic E-state index is 0.210. The van der Waals surface area contributed by atoms with Gasteiger partial charge in [0, 0.05) is 16.9 Å². The first-order chi connectivity index (χ1) is 13.9. The van der Waals surface area contributed by atoms with Gasteiger partial charge in [0.25, 0.3) is 0 Å². The molecule has 0 aliphatic carbocycles. The molecule has 1 amide bonds. The second-order valence-corrected chi connectivity index (χ2v) is 8.66. The predicted molar refractivity (Wildman–Crippen MR) is 114 cm³/mol. The van der Waals surface area contributed by atoms with E-state index in [-0.39, 0.29) is 13.2 Å². The maximum atomic E-state index is 12.9. The van der Waals surface area contributed by atoms with Crippen molar-refractivity contribution in [3.8, 4) is 0 Å². The SMILES string of the molecule is CCOC(=O)n1nc(Nc2cccc(N)c2)c2c1C(C)(C)N(C(=O)OC(C)(C)C)C2. The standard InChI is InChI=1S/C21H29N5O4/c1-7-29-19(28)26-16-15(17(24-26)23-14-10-8-9-13(22)11-14)12-25(21(16,5)6)18(27)30-20(2,3)4/h8-11H,7,12,22H2,1-6H3,(H,23,24). The molecule has 162 valence electrons. The molecule has 1 aromatic carbocycles. The highest BCUT2D eigenvalue weighted by atomic mass is 16.6. The molecule has 1 aromatic heterocycles. The molecule has 0 saturated carbocycles. The van der Waals surface area contributed by atoms with Crippen molar-refractivity contribution in [2.24, 2.45) is 0 Å². The molecule has 3 rings (SSSR count). The molecule has 0 unspecified atom stereocenters. The monoisotopic (exact) mass is 415 g/mol. The number of nitrogens with one attached hydrogen (secondary N) is 1. The summed E-state index contributed by atoms with van der Waals surface area (Å²) in [7, 11) is 0. The smallest absolute Gasteiger partial charge is 0.435 e. The molecule has 0 fully saturated rings. The lowest BCUT2D eigenvalue weighted by Gasteiger charge is -2.34. The lowest BCUT2D eigenvalue weighted by molar-refractivity contribution is 0.00388. The topological polar surface area (TPSA) is 112 Å². The average molecular weight is 415 g/mol. The van der Waals surface area contributed by atoms with E-state index in [1.54, 1.807) is 24.0 Å². The fourth-order valence-corrected chi connectivity index (χ4v) is 3.49. The number of nitrogens with two attached hydrogens (primary N) is 1. The van der Waals surface area contributed by atoms with Gasteiger partial charge >= 0.3 is 12.2 Å². The molecule has 9 heteroatoms. The van der Waals surface area contributed by atoms with E-state index in [4.69, 9.17) is 15.2 Å². The molecule has 3 N–H and O–H groups in total. The van der Waals surface area contributed by atoms with Crippen LogP contribution in [0.25, 0.3) is 0 Å². The predicted octanol–water partition coefficient (Wildman–Crippen LogP) is 4.20. The van der Waals surface area contributed by atoms with Crippen LogP contribution in [0.2, 0.25) is 0 Å². The lowest BCUT2D eigenvalue weighted by Crippen LogP contribution is -2.44. The molecule has 0 atom stereocenters. The fraction of sp³-hybridized carbons (Fsp3) is 0.476. The highest BCUT2D eigenvalue weighted by Crippen LogP contribution is 2.43. The minimum Gasteiger partial charge on any atom is -0.448 e. The molecule has 0 bridgehead atoms. The van der Waals surface area contributed by atoms with Crippen LogP contribution >= 0.6 is 0 Å². The zero-order valence-corrected chi connectivity index (χ0v) is 18.3. The van der Waals surface area contributed by atoms with Crippen molar-refractivity contribution in [1.29, 1.82) is 0 Å². The van der Waals surface area contributed by atoms with Crippen molar-refractivity contribution in [2.75, 3.05) is 17.7 Å². The van der Waals surface area contributed by atoms with Crippen LogP contribution in [0, 0.1) is 0 Å². The Bertz CT molecular complexity index is 974. The third kappa shape index (κ3) is 4.05. The van der Waals surface area contributed by atoms with Crippen molar-refractivity contribution in [3.05, 3.63) is 35.5 Å². The van der Waals surface area contributed by atoms with Gasteiger partial charge in [0.1, 0.15) is 5.60 Å². The molecule has 2 aromatic rings. The van der Waals surface area contributed by atoms with E-state index in [1.807, 2.05) is 46.8 Å². The Morgan fingerprint density at radius 1 is 1.27 bits per heavy atom. The number of carbonyl (C=O) groups excluding carboxylic acids is 2. The van der Waals surface area contributed by atoms with Gasteiger partial charge in [0.05, 0.1) is 24.4 Å². The summed E-state index contributed by atoms with van der Waals surface area (Å²) in [6.45, 7) is 11.3. The van der Waals surface area contributed by atoms with E-state index >= 15 is 0 Å². The summed E-state index contributed by atoms with van der Waals surface area (Å²) < 4.78 is 12.0. The number of hydrogen-bond donors (Lipinski definition) is 2. The third-order valence-corrected chi connectivity index (χ3v) is 4.76. The quantitative estimate of drug-likeness (QED) is 0.723. The summed E-state index contributed by atoms with van der Waals surface area (Å²) in [6.07, 6.45) is -1.07. The van der Waals surface area contributed by atoms with Crippen LogP contribution in [-0.4, -0.2) is 39.1 Å². The Kier molecular flexibility index (Phi) is 5.40. The van der Waals surface area contributed by atoms with Gasteiger partial charge in [0.15, 0.2) is 5.82 Å². The number of benzene rings is 1. The van der Waals surface area contributed by atoms with Gasteiger partial charge in [0.2, 0.25) is 0 Å². The number of rotatable bonds is 3. The summed E-state index contributed by atoms with van der Waals surface area (Å²) in [5.74, 6) is 0.461.